The number of carbonyl (C=O) groups is 2. The lowest BCUT2D eigenvalue weighted by Crippen LogP contribution is -2.43. The number of rotatable bonds is 6. The molecule has 4 aromatic rings. The fourth-order valence-electron chi connectivity index (χ4n) is 4.57. The van der Waals surface area contributed by atoms with Crippen molar-refractivity contribution in [2.45, 2.75) is 12.1 Å². The van der Waals surface area contributed by atoms with Crippen molar-refractivity contribution in [3.05, 3.63) is 71.7 Å². The predicted molar refractivity (Wildman–Crippen MR) is 139 cm³/mol. The van der Waals surface area contributed by atoms with Gasteiger partial charge in [-0.1, -0.05) is 18.2 Å². The topological polar surface area (TPSA) is 105 Å². The van der Waals surface area contributed by atoms with Crippen LogP contribution in [0, 0.1) is 0 Å². The third-order valence-electron chi connectivity index (χ3n) is 6.30. The van der Waals surface area contributed by atoms with Crippen molar-refractivity contribution in [1.29, 1.82) is 0 Å². The highest BCUT2D eigenvalue weighted by Gasteiger charge is 2.34. The largest absolute Gasteiger partial charge is 0.457 e. The summed E-state index contributed by atoms with van der Waals surface area (Å²) in [5.41, 5.74) is 1.83. The molecule has 0 saturated carbocycles. The van der Waals surface area contributed by atoms with Gasteiger partial charge in [-0.05, 0) is 42.5 Å². The van der Waals surface area contributed by atoms with E-state index in [4.69, 9.17) is 9.47 Å². The Morgan fingerprint density at radius 2 is 1.86 bits per heavy atom. The molecule has 2 aliphatic rings. The molecule has 0 bridgehead atoms. The number of pyridine rings is 1. The van der Waals surface area contributed by atoms with E-state index in [-0.39, 0.29) is 24.1 Å². The molecule has 0 radical (unpaired) electrons. The quantitative estimate of drug-likeness (QED) is 0.360. The van der Waals surface area contributed by atoms with Crippen LogP contribution in [0.15, 0.2) is 66.9 Å². The molecular formula is C26H23N5O4S. The molecule has 0 spiro atoms. The monoisotopic (exact) mass is 501 g/mol. The summed E-state index contributed by atoms with van der Waals surface area (Å²) in [5, 5.41) is 9.92. The second-order valence-corrected chi connectivity index (χ2v) is 9.50. The first-order valence-corrected chi connectivity index (χ1v) is 12.3. The maximum Gasteiger partial charge on any atom is 0.331 e. The van der Waals surface area contributed by atoms with Crippen molar-refractivity contribution in [2.24, 2.45) is 0 Å². The van der Waals surface area contributed by atoms with Gasteiger partial charge >= 0.3 is 6.03 Å². The number of nitrogens with one attached hydrogen (secondary N) is 3. The molecule has 2 aromatic carbocycles. The lowest BCUT2D eigenvalue weighted by atomic mass is 10.1. The maximum atomic E-state index is 13.3. The van der Waals surface area contributed by atoms with Crippen LogP contribution in [0.2, 0.25) is 0 Å². The Labute approximate surface area is 211 Å². The first-order valence-electron chi connectivity index (χ1n) is 11.5. The molecule has 182 valence electrons. The Bertz CT molecular complexity index is 1440. The van der Waals surface area contributed by atoms with E-state index in [2.05, 4.69) is 20.9 Å². The van der Waals surface area contributed by atoms with Gasteiger partial charge < -0.3 is 25.4 Å². The van der Waals surface area contributed by atoms with E-state index in [0.29, 0.717) is 45.6 Å². The van der Waals surface area contributed by atoms with Gasteiger partial charge in [0, 0.05) is 26.4 Å². The normalized spacial score (nSPS) is 18.8. The molecule has 3 amide bonds. The molecule has 10 heteroatoms. The molecule has 2 aromatic heterocycles. The Morgan fingerprint density at radius 1 is 1.08 bits per heavy atom. The van der Waals surface area contributed by atoms with Crippen LogP contribution in [0.3, 0.4) is 0 Å². The van der Waals surface area contributed by atoms with Gasteiger partial charge in [-0.3, -0.25) is 9.69 Å². The molecule has 0 unspecified atom stereocenters. The highest BCUT2D eigenvalue weighted by molar-refractivity contribution is 7.21. The van der Waals surface area contributed by atoms with Crippen molar-refractivity contribution >= 4 is 50.6 Å². The van der Waals surface area contributed by atoms with Crippen LogP contribution in [0.4, 0.5) is 21.9 Å². The summed E-state index contributed by atoms with van der Waals surface area (Å²) in [5.74, 6) is 1.13. The van der Waals surface area contributed by atoms with Crippen LogP contribution in [-0.4, -0.2) is 49.3 Å². The fourth-order valence-corrected chi connectivity index (χ4v) is 5.59. The molecule has 3 N–H and O–H groups in total. The smallest absolute Gasteiger partial charge is 0.331 e. The Kier molecular flexibility index (Phi) is 5.76. The molecule has 2 aliphatic heterocycles. The minimum atomic E-state index is -0.350. The van der Waals surface area contributed by atoms with Gasteiger partial charge in [0.15, 0.2) is 0 Å². The van der Waals surface area contributed by atoms with Gasteiger partial charge in [-0.15, -0.1) is 11.3 Å². The number of amides is 3. The predicted octanol–water partition coefficient (Wildman–Crippen LogP) is 4.49. The molecule has 1 fully saturated rings. The molecule has 36 heavy (non-hydrogen) atoms. The lowest BCUT2D eigenvalue weighted by Gasteiger charge is -2.28. The number of anilines is 3. The average Bonchev–Trinajstić information content (AvgIpc) is 3.50. The second-order valence-electron chi connectivity index (χ2n) is 8.50. The zero-order chi connectivity index (χ0) is 24.6. The standard InChI is InChI=1S/C26H23N5O4S/c1-34-20-14-27-13-18(20)29-24(32)23-22-21-19(11-12-28-25(21)36-23)31(26(33)30-22)15-7-9-17(10-8-15)35-16-5-3-2-4-6-16/h2-12,18,20,27H,13-14H2,1H3,(H,29,32)(H,30,33)/t18-,20-/m0/s1. The number of para-hydroxylation sites is 1. The molecule has 6 rings (SSSR count). The number of ether oxygens (including phenoxy) is 2. The molecule has 0 aliphatic carbocycles. The van der Waals surface area contributed by atoms with Gasteiger partial charge in [0.2, 0.25) is 0 Å². The van der Waals surface area contributed by atoms with Crippen molar-refractivity contribution in [1.82, 2.24) is 15.6 Å². The summed E-state index contributed by atoms with van der Waals surface area (Å²) < 4.78 is 11.3. The first kappa shape index (κ1) is 22.5. The van der Waals surface area contributed by atoms with E-state index in [9.17, 15) is 9.59 Å². The second kappa shape index (κ2) is 9.23. The number of hydrogen-bond acceptors (Lipinski definition) is 7. The third kappa shape index (κ3) is 3.95. The number of urea groups is 1. The number of aromatic nitrogens is 1. The Morgan fingerprint density at radius 3 is 2.64 bits per heavy atom. The summed E-state index contributed by atoms with van der Waals surface area (Å²) in [4.78, 5) is 33.6. The van der Waals surface area contributed by atoms with Crippen LogP contribution in [0.25, 0.3) is 10.2 Å². The number of methoxy groups -OCH3 is 1. The zero-order valence-corrected chi connectivity index (χ0v) is 20.2. The van der Waals surface area contributed by atoms with E-state index < -0.39 is 0 Å². The van der Waals surface area contributed by atoms with Crippen LogP contribution in [-0.2, 0) is 4.74 Å². The van der Waals surface area contributed by atoms with E-state index in [0.717, 1.165) is 11.1 Å². The van der Waals surface area contributed by atoms with Crippen molar-refractivity contribution in [3.8, 4) is 11.5 Å². The molecule has 1 saturated heterocycles. The van der Waals surface area contributed by atoms with Crippen molar-refractivity contribution < 1.29 is 19.1 Å². The van der Waals surface area contributed by atoms with E-state index in [1.807, 2.05) is 54.6 Å². The van der Waals surface area contributed by atoms with Gasteiger partial charge in [0.05, 0.1) is 34.6 Å². The molecule has 2 atom stereocenters. The number of benzene rings is 2. The van der Waals surface area contributed by atoms with Gasteiger partial charge in [0.25, 0.3) is 5.91 Å². The number of carbonyl (C=O) groups excluding carboxylic acids is 2. The zero-order valence-electron chi connectivity index (χ0n) is 19.4. The molecule has 4 heterocycles. The fraction of sp³-hybridized carbons (Fsp3) is 0.192. The Hall–Kier alpha value is -3.99. The number of nitrogens with zero attached hydrogens (tertiary/aromatic N) is 2. The minimum absolute atomic E-state index is 0.104. The van der Waals surface area contributed by atoms with E-state index >= 15 is 0 Å². The van der Waals surface area contributed by atoms with E-state index in [1.54, 1.807) is 24.3 Å². The van der Waals surface area contributed by atoms with Crippen LogP contribution in [0.1, 0.15) is 9.67 Å². The van der Waals surface area contributed by atoms with Crippen LogP contribution >= 0.6 is 11.3 Å². The highest BCUT2D eigenvalue weighted by atomic mass is 32.1. The first-order chi connectivity index (χ1) is 17.6. The van der Waals surface area contributed by atoms with Crippen molar-refractivity contribution in [2.75, 3.05) is 30.4 Å². The summed E-state index contributed by atoms with van der Waals surface area (Å²) >= 11 is 1.26. The summed E-state index contributed by atoms with van der Waals surface area (Å²) in [6, 6.07) is 18.1. The summed E-state index contributed by atoms with van der Waals surface area (Å²) in [6.45, 7) is 1.30. The van der Waals surface area contributed by atoms with Gasteiger partial charge in [-0.2, -0.15) is 0 Å². The van der Waals surface area contributed by atoms with Gasteiger partial charge in [0.1, 0.15) is 21.2 Å². The van der Waals surface area contributed by atoms with Crippen molar-refractivity contribution in [3.63, 3.8) is 0 Å². The maximum absolute atomic E-state index is 13.3. The van der Waals surface area contributed by atoms with Crippen LogP contribution < -0.4 is 25.6 Å². The molecular weight excluding hydrogens is 478 g/mol. The lowest BCUT2D eigenvalue weighted by molar-refractivity contribution is 0.0783. The Balaban J connectivity index is 1.31. The third-order valence-corrected chi connectivity index (χ3v) is 7.40. The van der Waals surface area contributed by atoms with Crippen LogP contribution in [0.5, 0.6) is 11.5 Å². The van der Waals surface area contributed by atoms with Gasteiger partial charge in [-0.25, -0.2) is 9.78 Å². The molecule has 9 nitrogen and oxygen atoms in total. The average molecular weight is 502 g/mol. The summed E-state index contributed by atoms with van der Waals surface area (Å²) in [6.07, 6.45) is 1.55. The minimum Gasteiger partial charge on any atom is -0.457 e. The summed E-state index contributed by atoms with van der Waals surface area (Å²) in [7, 11) is 1.63. The van der Waals surface area contributed by atoms with E-state index in [1.165, 1.54) is 11.3 Å². The number of thiophene rings is 1. The highest BCUT2D eigenvalue weighted by Crippen LogP contribution is 2.45. The number of hydrogen-bond donors (Lipinski definition) is 3. The SMILES string of the molecule is CO[C@H]1CNC[C@@H]1NC(=O)c1sc2nccc3c2c1NC(=O)N3c1ccc(Oc2ccccc2)cc1.